The van der Waals surface area contributed by atoms with Crippen molar-refractivity contribution in [1.29, 1.82) is 5.26 Å². The smallest absolute Gasteiger partial charge is 0.0624 e. The molecule has 0 bridgehead atoms. The van der Waals surface area contributed by atoms with Gasteiger partial charge in [-0.05, 0) is 31.1 Å². The normalized spacial score (nSPS) is 31.0. The summed E-state index contributed by atoms with van der Waals surface area (Å²) in [4.78, 5) is 0. The Bertz CT molecular complexity index is 222. The van der Waals surface area contributed by atoms with Crippen LogP contribution in [0.2, 0.25) is 0 Å². The second kappa shape index (κ2) is 3.76. The molecule has 1 rings (SSSR count). The molecular weight excluding hydrogens is 146 g/mol. The van der Waals surface area contributed by atoms with Crippen molar-refractivity contribution < 1.29 is 0 Å². The predicted molar refractivity (Wildman–Crippen MR) is 50.4 cm³/mol. The first-order valence-electron chi connectivity index (χ1n) is 4.70. The first kappa shape index (κ1) is 9.32. The molecule has 66 valence electrons. The molecule has 0 unspecified atom stereocenters. The topological polar surface area (TPSA) is 23.8 Å². The molecule has 0 heterocycles. The number of hydrogen-bond acceptors (Lipinski definition) is 1. The van der Waals surface area contributed by atoms with Crippen molar-refractivity contribution in [2.45, 2.75) is 33.6 Å². The van der Waals surface area contributed by atoms with Gasteiger partial charge in [-0.1, -0.05) is 25.5 Å². The molecule has 0 aromatic rings. The molecule has 0 saturated carbocycles. The van der Waals surface area contributed by atoms with Crippen molar-refractivity contribution in [1.82, 2.24) is 0 Å². The highest BCUT2D eigenvalue weighted by Crippen LogP contribution is 2.37. The monoisotopic (exact) mass is 163 g/mol. The lowest BCUT2D eigenvalue weighted by molar-refractivity contribution is 0.310. The van der Waals surface area contributed by atoms with Crippen molar-refractivity contribution in [3.8, 4) is 6.07 Å². The lowest BCUT2D eigenvalue weighted by Crippen LogP contribution is -2.15. The van der Waals surface area contributed by atoms with Crippen LogP contribution in [0.4, 0.5) is 0 Å². The maximum Gasteiger partial charge on any atom is 0.0624 e. The zero-order valence-corrected chi connectivity index (χ0v) is 8.17. The van der Waals surface area contributed by atoms with Crippen LogP contribution in [0.3, 0.4) is 0 Å². The third-order valence-electron chi connectivity index (χ3n) is 3.22. The average Bonchev–Trinajstić information content (AvgIpc) is 2.34. The summed E-state index contributed by atoms with van der Waals surface area (Å²) >= 11 is 0. The molecule has 1 nitrogen and oxygen atoms in total. The van der Waals surface area contributed by atoms with Crippen LogP contribution in [0, 0.1) is 29.1 Å². The number of nitrogens with zero attached hydrogens (tertiary/aromatic N) is 1. The van der Waals surface area contributed by atoms with E-state index in [0.717, 1.165) is 0 Å². The largest absolute Gasteiger partial charge is 0.198 e. The molecule has 1 aliphatic rings. The summed E-state index contributed by atoms with van der Waals surface area (Å²) in [5, 5.41) is 8.58. The SMILES string of the molecule is CC1=CC[C@H]([C@H](C)CC#N)[C@@H]1C. The Kier molecular flexibility index (Phi) is 2.92. The summed E-state index contributed by atoms with van der Waals surface area (Å²) in [6.45, 7) is 6.66. The lowest BCUT2D eigenvalue weighted by Gasteiger charge is -2.22. The molecule has 0 amide bonds. The van der Waals surface area contributed by atoms with E-state index in [0.29, 0.717) is 24.2 Å². The molecule has 1 heteroatoms. The van der Waals surface area contributed by atoms with Crippen molar-refractivity contribution in [3.05, 3.63) is 11.6 Å². The van der Waals surface area contributed by atoms with E-state index in [1.54, 1.807) is 0 Å². The first-order chi connectivity index (χ1) is 5.66. The third-order valence-corrected chi connectivity index (χ3v) is 3.22. The van der Waals surface area contributed by atoms with E-state index in [9.17, 15) is 0 Å². The predicted octanol–water partition coefficient (Wildman–Crippen LogP) is 3.14. The van der Waals surface area contributed by atoms with Gasteiger partial charge in [0.05, 0.1) is 6.07 Å². The van der Waals surface area contributed by atoms with Crippen molar-refractivity contribution in [2.75, 3.05) is 0 Å². The van der Waals surface area contributed by atoms with Gasteiger partial charge < -0.3 is 0 Å². The van der Waals surface area contributed by atoms with E-state index in [4.69, 9.17) is 5.26 Å². The van der Waals surface area contributed by atoms with Gasteiger partial charge in [-0.2, -0.15) is 5.26 Å². The van der Waals surface area contributed by atoms with Crippen molar-refractivity contribution in [2.24, 2.45) is 17.8 Å². The van der Waals surface area contributed by atoms with E-state index in [-0.39, 0.29) is 0 Å². The zero-order chi connectivity index (χ0) is 9.14. The van der Waals surface area contributed by atoms with Gasteiger partial charge in [0.15, 0.2) is 0 Å². The molecule has 1 aliphatic carbocycles. The molecule has 0 fully saturated rings. The van der Waals surface area contributed by atoms with Crippen LogP contribution in [0.15, 0.2) is 11.6 Å². The molecule has 3 atom stereocenters. The molecule has 0 aliphatic heterocycles. The highest BCUT2D eigenvalue weighted by atomic mass is 14.3. The Morgan fingerprint density at radius 2 is 2.42 bits per heavy atom. The summed E-state index contributed by atoms with van der Waals surface area (Å²) in [6, 6.07) is 2.26. The number of nitriles is 1. The molecule has 0 N–H and O–H groups in total. The van der Waals surface area contributed by atoms with Crippen molar-refractivity contribution in [3.63, 3.8) is 0 Å². The Morgan fingerprint density at radius 1 is 1.75 bits per heavy atom. The summed E-state index contributed by atoms with van der Waals surface area (Å²) < 4.78 is 0. The molecule has 0 aromatic carbocycles. The summed E-state index contributed by atoms with van der Waals surface area (Å²) in [7, 11) is 0. The van der Waals surface area contributed by atoms with E-state index in [1.165, 1.54) is 12.0 Å². The van der Waals surface area contributed by atoms with Crippen LogP contribution < -0.4 is 0 Å². The third kappa shape index (κ3) is 1.69. The highest BCUT2D eigenvalue weighted by molar-refractivity contribution is 5.12. The van der Waals surface area contributed by atoms with Crippen molar-refractivity contribution >= 4 is 0 Å². The Morgan fingerprint density at radius 3 is 2.83 bits per heavy atom. The van der Waals surface area contributed by atoms with Crippen LogP contribution in [-0.4, -0.2) is 0 Å². The standard InChI is InChI=1S/C11H17N/c1-8-4-5-11(10(8)3)9(2)6-7-12/h4,9-11H,5-6H2,1-3H3/t9-,10-,11-/m1/s1. The van der Waals surface area contributed by atoms with Crippen LogP contribution in [0.5, 0.6) is 0 Å². The first-order valence-corrected chi connectivity index (χ1v) is 4.70. The minimum absolute atomic E-state index is 0.554. The van der Waals surface area contributed by atoms with E-state index in [1.807, 2.05) is 0 Å². The lowest BCUT2D eigenvalue weighted by atomic mass is 9.82. The van der Waals surface area contributed by atoms with Gasteiger partial charge in [0.25, 0.3) is 0 Å². The second-order valence-corrected chi connectivity index (χ2v) is 3.98. The molecule has 0 radical (unpaired) electrons. The van der Waals surface area contributed by atoms with Gasteiger partial charge in [-0.3, -0.25) is 0 Å². The summed E-state index contributed by atoms with van der Waals surface area (Å²) in [5.41, 5.74) is 1.50. The molecule has 12 heavy (non-hydrogen) atoms. The molecule has 0 saturated heterocycles. The maximum absolute atomic E-state index is 8.58. The quantitative estimate of drug-likeness (QED) is 0.574. The fraction of sp³-hybridized carbons (Fsp3) is 0.727. The summed E-state index contributed by atoms with van der Waals surface area (Å²) in [6.07, 6.45) is 4.20. The molecule has 0 aromatic heterocycles. The van der Waals surface area contributed by atoms with Gasteiger partial charge in [-0.15, -0.1) is 0 Å². The van der Waals surface area contributed by atoms with Gasteiger partial charge in [0.1, 0.15) is 0 Å². The fourth-order valence-corrected chi connectivity index (χ4v) is 2.07. The van der Waals surface area contributed by atoms with Crippen LogP contribution in [0.25, 0.3) is 0 Å². The molecular formula is C11H17N. The maximum atomic E-state index is 8.58. The van der Waals surface area contributed by atoms with E-state index in [2.05, 4.69) is 32.9 Å². The highest BCUT2D eigenvalue weighted by Gasteiger charge is 2.27. The van der Waals surface area contributed by atoms with Gasteiger partial charge >= 0.3 is 0 Å². The van der Waals surface area contributed by atoms with Crippen LogP contribution in [0.1, 0.15) is 33.6 Å². The van der Waals surface area contributed by atoms with Gasteiger partial charge in [0.2, 0.25) is 0 Å². The Balaban J connectivity index is 2.52. The molecule has 0 spiro atoms. The second-order valence-electron chi connectivity index (χ2n) is 3.98. The number of rotatable bonds is 2. The zero-order valence-electron chi connectivity index (χ0n) is 8.17. The Hall–Kier alpha value is -0.770. The van der Waals surface area contributed by atoms with E-state index >= 15 is 0 Å². The summed E-state index contributed by atoms with van der Waals surface area (Å²) in [5.74, 6) is 1.96. The number of allylic oxidation sites excluding steroid dienone is 2. The average molecular weight is 163 g/mol. The fourth-order valence-electron chi connectivity index (χ4n) is 2.07. The minimum atomic E-state index is 0.554. The van der Waals surface area contributed by atoms with Gasteiger partial charge in [0, 0.05) is 6.42 Å². The van der Waals surface area contributed by atoms with Crippen LogP contribution >= 0.6 is 0 Å². The number of hydrogen-bond donors (Lipinski definition) is 0. The minimum Gasteiger partial charge on any atom is -0.198 e. The van der Waals surface area contributed by atoms with Crippen LogP contribution in [-0.2, 0) is 0 Å². The van der Waals surface area contributed by atoms with Gasteiger partial charge in [-0.25, -0.2) is 0 Å². The van der Waals surface area contributed by atoms with E-state index < -0.39 is 0 Å². The Labute approximate surface area is 75.1 Å².